The van der Waals surface area contributed by atoms with Crippen molar-refractivity contribution in [3.8, 4) is 11.5 Å². The van der Waals surface area contributed by atoms with Crippen molar-refractivity contribution in [1.29, 1.82) is 0 Å². The lowest BCUT2D eigenvalue weighted by Crippen LogP contribution is -2.30. The first kappa shape index (κ1) is 33.2. The minimum atomic E-state index is -0.701. The number of Topliss-reactive ketones (excluding diaryl/α,β-unsaturated/α-hetero) is 1. The van der Waals surface area contributed by atoms with Crippen LogP contribution in [0, 0.1) is 6.92 Å². The van der Waals surface area contributed by atoms with E-state index < -0.39 is 17.7 Å². The summed E-state index contributed by atoms with van der Waals surface area (Å²) in [6.45, 7) is 4.67. The number of carbonyl (C=O) groups is 2. The van der Waals surface area contributed by atoms with Crippen LogP contribution >= 0.6 is 0 Å². The zero-order valence-corrected chi connectivity index (χ0v) is 26.3. The number of nitrogens with zero attached hydrogens (tertiary/aromatic N) is 1. The second-order valence-electron chi connectivity index (χ2n) is 11.6. The van der Waals surface area contributed by atoms with E-state index in [0.717, 1.165) is 24.8 Å². The van der Waals surface area contributed by atoms with Gasteiger partial charge in [0.2, 0.25) is 0 Å². The molecule has 1 aliphatic rings. The lowest BCUT2D eigenvalue weighted by atomic mass is 9.94. The summed E-state index contributed by atoms with van der Waals surface area (Å²) in [4.78, 5) is 28.3. The summed E-state index contributed by atoms with van der Waals surface area (Å²) in [6.07, 6.45) is 17.5. The Balaban J connectivity index is 1.62. The summed E-state index contributed by atoms with van der Waals surface area (Å²) in [6, 6.07) is 12.0. The first-order valence-corrected chi connectivity index (χ1v) is 16.0. The van der Waals surface area contributed by atoms with Gasteiger partial charge in [-0.2, -0.15) is 0 Å². The molecule has 0 unspecified atom stereocenters. The minimum absolute atomic E-state index is 0.112. The van der Waals surface area contributed by atoms with Crippen molar-refractivity contribution >= 4 is 17.4 Å². The van der Waals surface area contributed by atoms with E-state index in [-0.39, 0.29) is 11.3 Å². The number of hydrogen-bond acceptors (Lipinski definition) is 5. The number of amides is 1. The third kappa shape index (κ3) is 9.11. The molecule has 0 radical (unpaired) electrons. The Hall–Kier alpha value is -3.28. The van der Waals surface area contributed by atoms with Gasteiger partial charge in [-0.25, -0.2) is 0 Å². The maximum Gasteiger partial charge on any atom is 0.295 e. The standard InChI is InChI=1S/C36H51NO5/c1-5-6-7-8-9-10-11-12-13-14-15-16-17-18-25-37-33(29-23-24-30(41-3)31(26-29)42-4)32(35(39)36(37)40)34(38)28-21-19-27(2)20-22-28/h19-24,26,33,38H,5-18,25H2,1-4H3/b34-32+/t33-/m1/s1. The Morgan fingerprint density at radius 2 is 1.26 bits per heavy atom. The molecule has 0 spiro atoms. The van der Waals surface area contributed by atoms with E-state index in [1.165, 1.54) is 70.6 Å². The Morgan fingerprint density at radius 3 is 1.79 bits per heavy atom. The van der Waals surface area contributed by atoms with Gasteiger partial charge in [0.05, 0.1) is 25.8 Å². The molecule has 1 saturated heterocycles. The van der Waals surface area contributed by atoms with Gasteiger partial charge in [-0.05, 0) is 31.0 Å². The number of hydrogen-bond donors (Lipinski definition) is 1. The van der Waals surface area contributed by atoms with Crippen molar-refractivity contribution in [2.24, 2.45) is 0 Å². The van der Waals surface area contributed by atoms with Gasteiger partial charge in [0.1, 0.15) is 5.76 Å². The number of aliphatic hydroxyl groups excluding tert-OH is 1. The van der Waals surface area contributed by atoms with E-state index in [9.17, 15) is 14.7 Å². The lowest BCUT2D eigenvalue weighted by Gasteiger charge is -2.26. The number of benzene rings is 2. The number of likely N-dealkylation sites (tertiary alicyclic amines) is 1. The van der Waals surface area contributed by atoms with Crippen LogP contribution in [0.1, 0.15) is 120 Å². The summed E-state index contributed by atoms with van der Waals surface area (Å²) in [7, 11) is 3.12. The van der Waals surface area contributed by atoms with Crippen LogP contribution in [0.25, 0.3) is 5.76 Å². The predicted molar refractivity (Wildman–Crippen MR) is 170 cm³/mol. The topological polar surface area (TPSA) is 76.1 Å². The summed E-state index contributed by atoms with van der Waals surface area (Å²) in [5.74, 6) is -0.316. The molecule has 0 saturated carbocycles. The average Bonchev–Trinajstić information content (AvgIpc) is 3.25. The van der Waals surface area contributed by atoms with Crippen LogP contribution in [-0.4, -0.2) is 42.5 Å². The number of unbranched alkanes of at least 4 members (excludes halogenated alkanes) is 13. The van der Waals surface area contributed by atoms with Gasteiger partial charge in [0.25, 0.3) is 11.7 Å². The smallest absolute Gasteiger partial charge is 0.295 e. The molecule has 0 aromatic heterocycles. The van der Waals surface area contributed by atoms with Crippen LogP contribution in [0.2, 0.25) is 0 Å². The molecule has 3 rings (SSSR count). The third-order valence-electron chi connectivity index (χ3n) is 8.34. The Morgan fingerprint density at radius 1 is 0.738 bits per heavy atom. The highest BCUT2D eigenvalue weighted by Crippen LogP contribution is 2.42. The highest BCUT2D eigenvalue weighted by molar-refractivity contribution is 6.46. The Bertz CT molecular complexity index is 1170. The van der Waals surface area contributed by atoms with E-state index in [1.54, 1.807) is 43.4 Å². The normalized spacial score (nSPS) is 16.3. The minimum Gasteiger partial charge on any atom is -0.507 e. The molecule has 6 heteroatoms. The van der Waals surface area contributed by atoms with Crippen LogP contribution in [-0.2, 0) is 9.59 Å². The Labute approximate surface area is 253 Å². The van der Waals surface area contributed by atoms with Crippen molar-refractivity contribution in [1.82, 2.24) is 4.90 Å². The highest BCUT2D eigenvalue weighted by atomic mass is 16.5. The molecule has 6 nitrogen and oxygen atoms in total. The molecule has 2 aromatic carbocycles. The van der Waals surface area contributed by atoms with E-state index >= 15 is 0 Å². The molecule has 2 aromatic rings. The predicted octanol–water partition coefficient (Wildman–Crippen LogP) is 8.92. The van der Waals surface area contributed by atoms with Gasteiger partial charge >= 0.3 is 0 Å². The molecule has 1 fully saturated rings. The molecule has 1 amide bonds. The molecule has 1 aliphatic heterocycles. The van der Waals surface area contributed by atoms with Crippen molar-refractivity contribution in [2.75, 3.05) is 20.8 Å². The van der Waals surface area contributed by atoms with Gasteiger partial charge in [-0.1, -0.05) is 126 Å². The maximum absolute atomic E-state index is 13.3. The van der Waals surface area contributed by atoms with E-state index in [4.69, 9.17) is 9.47 Å². The number of methoxy groups -OCH3 is 2. The SMILES string of the molecule is CCCCCCCCCCCCCCCCN1C(=O)C(=O)/C(=C(/O)c2ccc(C)cc2)[C@H]1c1ccc(OC)c(OC)c1. The van der Waals surface area contributed by atoms with Crippen molar-refractivity contribution in [3.63, 3.8) is 0 Å². The molecular formula is C36H51NO5. The van der Waals surface area contributed by atoms with E-state index in [0.29, 0.717) is 29.2 Å². The first-order chi connectivity index (χ1) is 20.4. The Kier molecular flexibility index (Phi) is 13.9. The molecule has 0 aliphatic carbocycles. The molecule has 1 N–H and O–H groups in total. The lowest BCUT2D eigenvalue weighted by molar-refractivity contribution is -0.139. The number of aliphatic hydroxyl groups is 1. The zero-order valence-electron chi connectivity index (χ0n) is 26.3. The van der Waals surface area contributed by atoms with Crippen LogP contribution in [0.5, 0.6) is 11.5 Å². The van der Waals surface area contributed by atoms with Crippen molar-refractivity contribution in [2.45, 2.75) is 110 Å². The van der Waals surface area contributed by atoms with Gasteiger partial charge < -0.3 is 19.5 Å². The fourth-order valence-corrected chi connectivity index (χ4v) is 5.82. The van der Waals surface area contributed by atoms with Crippen LogP contribution < -0.4 is 9.47 Å². The van der Waals surface area contributed by atoms with Gasteiger partial charge in [-0.3, -0.25) is 9.59 Å². The summed E-state index contributed by atoms with van der Waals surface area (Å²) >= 11 is 0. The molecular weight excluding hydrogens is 526 g/mol. The zero-order chi connectivity index (χ0) is 30.3. The number of aryl methyl sites for hydroxylation is 1. The van der Waals surface area contributed by atoms with Gasteiger partial charge in [-0.15, -0.1) is 0 Å². The highest BCUT2D eigenvalue weighted by Gasteiger charge is 2.46. The molecule has 0 bridgehead atoms. The summed E-state index contributed by atoms with van der Waals surface area (Å²) in [5.41, 5.74) is 2.37. The van der Waals surface area contributed by atoms with E-state index in [2.05, 4.69) is 6.92 Å². The average molecular weight is 578 g/mol. The summed E-state index contributed by atoms with van der Waals surface area (Å²) in [5, 5.41) is 11.3. The van der Waals surface area contributed by atoms with Crippen molar-refractivity contribution in [3.05, 3.63) is 64.7 Å². The second kappa shape index (κ2) is 17.6. The third-order valence-corrected chi connectivity index (χ3v) is 8.34. The largest absolute Gasteiger partial charge is 0.507 e. The van der Waals surface area contributed by atoms with Crippen LogP contribution in [0.15, 0.2) is 48.0 Å². The number of rotatable bonds is 19. The van der Waals surface area contributed by atoms with Crippen molar-refractivity contribution < 1.29 is 24.2 Å². The fourth-order valence-electron chi connectivity index (χ4n) is 5.82. The summed E-state index contributed by atoms with van der Waals surface area (Å²) < 4.78 is 10.9. The van der Waals surface area contributed by atoms with Gasteiger partial charge in [0.15, 0.2) is 11.5 Å². The molecule has 230 valence electrons. The molecule has 42 heavy (non-hydrogen) atoms. The molecule has 1 heterocycles. The number of ketones is 1. The second-order valence-corrected chi connectivity index (χ2v) is 11.6. The maximum atomic E-state index is 13.3. The van der Waals surface area contributed by atoms with E-state index in [1.807, 2.05) is 25.1 Å². The number of ether oxygens (including phenoxy) is 2. The first-order valence-electron chi connectivity index (χ1n) is 16.0. The fraction of sp³-hybridized carbons (Fsp3) is 0.556. The van der Waals surface area contributed by atoms with Crippen LogP contribution in [0.4, 0.5) is 0 Å². The van der Waals surface area contributed by atoms with Crippen LogP contribution in [0.3, 0.4) is 0 Å². The molecule has 1 atom stereocenters. The quantitative estimate of drug-likeness (QED) is 0.0781. The monoisotopic (exact) mass is 577 g/mol. The number of carbonyl (C=O) groups excluding carboxylic acids is 2. The van der Waals surface area contributed by atoms with Gasteiger partial charge in [0, 0.05) is 12.1 Å².